The van der Waals surface area contributed by atoms with E-state index >= 15 is 0 Å². The number of benzene rings is 1. The average molecular weight is 303 g/mol. The number of halogens is 3. The zero-order valence-corrected chi connectivity index (χ0v) is 11.7. The summed E-state index contributed by atoms with van der Waals surface area (Å²) in [6.07, 6.45) is -0.112. The molecule has 3 rings (SSSR count). The van der Waals surface area contributed by atoms with Gasteiger partial charge in [-0.2, -0.15) is 0 Å². The average Bonchev–Trinajstić information content (AvgIpc) is 2.88. The van der Waals surface area contributed by atoms with Crippen LogP contribution in [0.25, 0.3) is 0 Å². The fourth-order valence-electron chi connectivity index (χ4n) is 2.10. The summed E-state index contributed by atoms with van der Waals surface area (Å²) in [5.41, 5.74) is 1.40. The first kappa shape index (κ1) is 12.4. The summed E-state index contributed by atoms with van der Waals surface area (Å²) in [4.78, 5) is 0. The van der Waals surface area contributed by atoms with Crippen LogP contribution in [0.5, 0.6) is 0 Å². The smallest absolute Gasteiger partial charge is 0.123 e. The van der Waals surface area contributed by atoms with Crippen molar-refractivity contribution in [1.82, 2.24) is 0 Å². The number of hydrogen-bond acceptors (Lipinski definition) is 2. The zero-order chi connectivity index (χ0) is 12.9. The Morgan fingerprint density at radius 3 is 2.50 bits per heavy atom. The van der Waals surface area contributed by atoms with Gasteiger partial charge in [0.15, 0.2) is 0 Å². The minimum Gasteiger partial charge on any atom is -0.356 e. The van der Waals surface area contributed by atoms with Crippen LogP contribution in [0.2, 0.25) is 8.67 Å². The standard InChI is InChI=1S/C13H9Cl2FOS/c1-13(7-2-4-8(16)5-3-7)11(17-13)9-6-10(14)18-12(9)15/h2-6,11H,1H3/t11-,13-/m0/s1. The molecule has 1 aromatic heterocycles. The first-order chi connectivity index (χ1) is 8.50. The van der Waals surface area contributed by atoms with Crippen molar-refractivity contribution in [2.45, 2.75) is 18.6 Å². The molecular formula is C13H9Cl2FOS. The molecule has 2 heterocycles. The van der Waals surface area contributed by atoms with Crippen molar-refractivity contribution < 1.29 is 9.13 Å². The topological polar surface area (TPSA) is 12.5 Å². The van der Waals surface area contributed by atoms with E-state index in [1.54, 1.807) is 12.1 Å². The fraction of sp³-hybridized carbons (Fsp3) is 0.231. The van der Waals surface area contributed by atoms with Gasteiger partial charge in [0.2, 0.25) is 0 Å². The molecule has 0 amide bonds. The van der Waals surface area contributed by atoms with Gasteiger partial charge in [-0.15, -0.1) is 11.3 Å². The molecule has 18 heavy (non-hydrogen) atoms. The summed E-state index contributed by atoms with van der Waals surface area (Å²) in [6, 6.07) is 8.16. The molecule has 1 fully saturated rings. The van der Waals surface area contributed by atoms with Gasteiger partial charge in [0.1, 0.15) is 21.9 Å². The molecule has 0 bridgehead atoms. The molecular weight excluding hydrogens is 294 g/mol. The first-order valence-electron chi connectivity index (χ1n) is 5.39. The third-order valence-electron chi connectivity index (χ3n) is 3.19. The van der Waals surface area contributed by atoms with Gasteiger partial charge in [0.05, 0.1) is 4.34 Å². The van der Waals surface area contributed by atoms with E-state index in [1.165, 1.54) is 23.5 Å². The number of rotatable bonds is 2. The first-order valence-corrected chi connectivity index (χ1v) is 6.96. The zero-order valence-electron chi connectivity index (χ0n) is 9.41. The van der Waals surface area contributed by atoms with Crippen LogP contribution < -0.4 is 0 Å². The van der Waals surface area contributed by atoms with E-state index < -0.39 is 5.60 Å². The molecule has 5 heteroatoms. The van der Waals surface area contributed by atoms with Crippen LogP contribution in [0.3, 0.4) is 0 Å². The Morgan fingerprint density at radius 1 is 1.28 bits per heavy atom. The maximum Gasteiger partial charge on any atom is 0.123 e. The Hall–Kier alpha value is -0.610. The Morgan fingerprint density at radius 2 is 1.94 bits per heavy atom. The molecule has 1 saturated heterocycles. The van der Waals surface area contributed by atoms with E-state index in [0.717, 1.165) is 11.1 Å². The van der Waals surface area contributed by atoms with Gasteiger partial charge in [-0.25, -0.2) is 4.39 Å². The largest absolute Gasteiger partial charge is 0.356 e. The Balaban J connectivity index is 1.92. The maximum atomic E-state index is 12.9. The van der Waals surface area contributed by atoms with Crippen molar-refractivity contribution in [1.29, 1.82) is 0 Å². The van der Waals surface area contributed by atoms with E-state index in [1.807, 2.05) is 13.0 Å². The summed E-state index contributed by atoms with van der Waals surface area (Å²) in [5.74, 6) is -0.254. The van der Waals surface area contributed by atoms with Crippen LogP contribution in [0.1, 0.15) is 24.2 Å². The van der Waals surface area contributed by atoms with Gasteiger partial charge in [-0.05, 0) is 30.7 Å². The van der Waals surface area contributed by atoms with Crippen molar-refractivity contribution in [3.05, 3.63) is 55.9 Å². The number of ether oxygens (including phenoxy) is 1. The molecule has 0 unspecified atom stereocenters. The fourth-order valence-corrected chi connectivity index (χ4v) is 3.61. The van der Waals surface area contributed by atoms with E-state index in [2.05, 4.69) is 0 Å². The highest BCUT2D eigenvalue weighted by molar-refractivity contribution is 7.20. The lowest BCUT2D eigenvalue weighted by Crippen LogP contribution is -2.03. The van der Waals surface area contributed by atoms with E-state index in [-0.39, 0.29) is 11.9 Å². The number of hydrogen-bond donors (Lipinski definition) is 0. The second-order valence-electron chi connectivity index (χ2n) is 4.39. The summed E-state index contributed by atoms with van der Waals surface area (Å²) in [5, 5.41) is 0. The van der Waals surface area contributed by atoms with Crippen LogP contribution in [0.15, 0.2) is 30.3 Å². The molecule has 0 saturated carbocycles. The lowest BCUT2D eigenvalue weighted by atomic mass is 9.95. The minimum absolute atomic E-state index is 0.112. The quantitative estimate of drug-likeness (QED) is 0.696. The van der Waals surface area contributed by atoms with Gasteiger partial charge in [0, 0.05) is 5.56 Å². The van der Waals surface area contributed by atoms with Crippen molar-refractivity contribution in [3.8, 4) is 0 Å². The van der Waals surface area contributed by atoms with Crippen molar-refractivity contribution in [2.24, 2.45) is 0 Å². The normalized spacial score (nSPS) is 26.3. The third kappa shape index (κ3) is 1.95. The molecule has 2 aromatic rings. The van der Waals surface area contributed by atoms with E-state index in [4.69, 9.17) is 27.9 Å². The third-order valence-corrected chi connectivity index (χ3v) is 4.71. The Labute approximate surface area is 118 Å². The SMILES string of the molecule is C[C@@]1(c2ccc(F)cc2)O[C@H]1c1cc(Cl)sc1Cl. The van der Waals surface area contributed by atoms with Crippen LogP contribution in [0.4, 0.5) is 4.39 Å². The highest BCUT2D eigenvalue weighted by atomic mass is 35.5. The molecule has 0 spiro atoms. The highest BCUT2D eigenvalue weighted by Crippen LogP contribution is 2.59. The molecule has 1 aliphatic heterocycles. The summed E-state index contributed by atoms with van der Waals surface area (Å²) < 4.78 is 20.0. The van der Waals surface area contributed by atoms with Crippen molar-refractivity contribution in [2.75, 3.05) is 0 Å². The van der Waals surface area contributed by atoms with Gasteiger partial charge in [-0.1, -0.05) is 35.3 Å². The van der Waals surface area contributed by atoms with Gasteiger partial charge >= 0.3 is 0 Å². The summed E-state index contributed by atoms with van der Waals surface area (Å²) in [7, 11) is 0. The molecule has 0 aliphatic carbocycles. The van der Waals surface area contributed by atoms with Crippen LogP contribution in [0, 0.1) is 5.82 Å². The predicted molar refractivity (Wildman–Crippen MR) is 71.9 cm³/mol. The molecule has 2 atom stereocenters. The van der Waals surface area contributed by atoms with Crippen molar-refractivity contribution >= 4 is 34.5 Å². The second kappa shape index (κ2) is 4.20. The number of epoxide rings is 1. The second-order valence-corrected chi connectivity index (χ2v) is 6.68. The monoisotopic (exact) mass is 302 g/mol. The predicted octanol–water partition coefficient (Wildman–Crippen LogP) is 5.18. The Kier molecular flexibility index (Phi) is 2.90. The molecule has 1 nitrogen and oxygen atoms in total. The van der Waals surface area contributed by atoms with Crippen molar-refractivity contribution in [3.63, 3.8) is 0 Å². The lowest BCUT2D eigenvalue weighted by molar-refractivity contribution is 0.313. The van der Waals surface area contributed by atoms with Crippen LogP contribution in [-0.2, 0) is 10.3 Å². The molecule has 0 radical (unpaired) electrons. The Bertz CT molecular complexity index is 596. The highest BCUT2D eigenvalue weighted by Gasteiger charge is 2.55. The number of thiophene rings is 1. The molecule has 1 aromatic carbocycles. The molecule has 1 aliphatic rings. The summed E-state index contributed by atoms with van der Waals surface area (Å²) in [6.45, 7) is 1.97. The maximum absolute atomic E-state index is 12.9. The minimum atomic E-state index is -0.443. The van der Waals surface area contributed by atoms with E-state index in [9.17, 15) is 4.39 Å². The van der Waals surface area contributed by atoms with Crippen LogP contribution in [-0.4, -0.2) is 0 Å². The van der Waals surface area contributed by atoms with Gasteiger partial charge < -0.3 is 4.74 Å². The summed E-state index contributed by atoms with van der Waals surface area (Å²) >= 11 is 13.4. The van der Waals surface area contributed by atoms with Crippen LogP contribution >= 0.6 is 34.5 Å². The molecule has 0 N–H and O–H groups in total. The van der Waals surface area contributed by atoms with Gasteiger partial charge in [-0.3, -0.25) is 0 Å². The lowest BCUT2D eigenvalue weighted by Gasteiger charge is -2.06. The molecule has 94 valence electrons. The van der Waals surface area contributed by atoms with E-state index in [0.29, 0.717) is 8.67 Å². The van der Waals surface area contributed by atoms with Gasteiger partial charge in [0.25, 0.3) is 0 Å².